The van der Waals surface area contributed by atoms with Crippen LogP contribution in [-0.4, -0.2) is 72.4 Å². The summed E-state index contributed by atoms with van der Waals surface area (Å²) >= 11 is 0. The van der Waals surface area contributed by atoms with Crippen LogP contribution in [0.1, 0.15) is 52.4 Å². The number of carbonyl (C=O) groups is 1. The topological polar surface area (TPSA) is 51.2 Å². The molecule has 172 valence electrons. The number of aliphatic imine (C=N–C) groups is 1. The molecule has 1 N–H and O–H groups in total. The lowest BCUT2D eigenvalue weighted by molar-refractivity contribution is -0.120. The molecule has 0 radical (unpaired) electrons. The van der Waals surface area contributed by atoms with Crippen molar-refractivity contribution in [2.75, 3.05) is 39.8 Å². The number of terminal acetylenes is 1. The van der Waals surface area contributed by atoms with Crippen molar-refractivity contribution >= 4 is 11.7 Å². The lowest BCUT2D eigenvalue weighted by atomic mass is 10.1. The van der Waals surface area contributed by atoms with Crippen molar-refractivity contribution in [3.8, 4) is 12.8 Å². The summed E-state index contributed by atoms with van der Waals surface area (Å²) < 4.78 is 0. The van der Waals surface area contributed by atoms with Gasteiger partial charge >= 0.3 is 0 Å². The highest BCUT2D eigenvalue weighted by molar-refractivity contribution is 5.88. The van der Waals surface area contributed by atoms with Gasteiger partial charge in [0.2, 0.25) is 5.91 Å². The molecule has 0 bridgehead atoms. The van der Waals surface area contributed by atoms with Gasteiger partial charge in [-0.3, -0.25) is 4.79 Å². The molecule has 0 spiro atoms. The van der Waals surface area contributed by atoms with E-state index in [4.69, 9.17) is 4.99 Å². The molecule has 2 heterocycles. The summed E-state index contributed by atoms with van der Waals surface area (Å²) in [6.45, 7) is 8.99. The molecular weight excluding hydrogens is 386 g/mol. The molecule has 0 aromatic heterocycles. The van der Waals surface area contributed by atoms with Crippen molar-refractivity contribution in [2.45, 2.75) is 58.5 Å². The van der Waals surface area contributed by atoms with Crippen LogP contribution < -0.4 is 5.32 Å². The third-order valence-electron chi connectivity index (χ3n) is 5.50. The predicted molar refractivity (Wildman–Crippen MR) is 132 cm³/mol. The van der Waals surface area contributed by atoms with Gasteiger partial charge in [-0.05, 0) is 45.7 Å². The second kappa shape index (κ2) is 16.2. The van der Waals surface area contributed by atoms with Gasteiger partial charge in [0, 0.05) is 39.0 Å². The Morgan fingerprint density at radius 2 is 1.77 bits per heavy atom. The Balaban J connectivity index is 0.00000233. The van der Waals surface area contributed by atoms with E-state index in [0.717, 1.165) is 31.6 Å². The Morgan fingerprint density at radius 3 is 2.42 bits per heavy atom. The maximum atomic E-state index is 12.2. The van der Waals surface area contributed by atoms with Gasteiger partial charge in [0.05, 0.1) is 6.54 Å². The van der Waals surface area contributed by atoms with Crippen molar-refractivity contribution in [1.29, 1.82) is 0 Å². The second-order valence-electron chi connectivity index (χ2n) is 7.84. The highest BCUT2D eigenvalue weighted by Gasteiger charge is 2.16. The van der Waals surface area contributed by atoms with Crippen molar-refractivity contribution < 1.29 is 4.79 Å². The highest BCUT2D eigenvalue weighted by atomic mass is 16.2. The van der Waals surface area contributed by atoms with E-state index in [1.54, 1.807) is 6.20 Å². The van der Waals surface area contributed by atoms with Gasteiger partial charge in [-0.1, -0.05) is 37.6 Å². The number of rotatable bonds is 8. The molecule has 6 nitrogen and oxygen atoms in total. The van der Waals surface area contributed by atoms with Crippen LogP contribution in [0.15, 0.2) is 41.7 Å². The van der Waals surface area contributed by atoms with E-state index >= 15 is 0 Å². The Morgan fingerprint density at radius 1 is 1.13 bits per heavy atom. The maximum absolute atomic E-state index is 12.2. The van der Waals surface area contributed by atoms with Crippen molar-refractivity contribution in [1.82, 2.24) is 20.0 Å². The number of amidine groups is 1. The Hall–Kier alpha value is -2.52. The van der Waals surface area contributed by atoms with Gasteiger partial charge in [-0.2, -0.15) is 0 Å². The number of nitrogens with zero attached hydrogens (tertiary/aromatic N) is 4. The van der Waals surface area contributed by atoms with E-state index in [9.17, 15) is 4.79 Å². The molecular formula is C25H41N5O. The summed E-state index contributed by atoms with van der Waals surface area (Å²) in [6.07, 6.45) is 27.2. The third kappa shape index (κ3) is 10.9. The van der Waals surface area contributed by atoms with Gasteiger partial charge < -0.3 is 20.0 Å². The second-order valence-corrected chi connectivity index (χ2v) is 7.84. The number of hydrogen-bond donors (Lipinski definition) is 1. The van der Waals surface area contributed by atoms with Crippen LogP contribution in [0.4, 0.5) is 0 Å². The molecule has 0 aromatic rings. The van der Waals surface area contributed by atoms with Crippen molar-refractivity contribution in [2.24, 2.45) is 4.99 Å². The lowest BCUT2D eigenvalue weighted by Crippen LogP contribution is -2.41. The molecule has 1 amide bonds. The minimum absolute atomic E-state index is 0.00746. The average molecular weight is 428 g/mol. The number of likely N-dealkylation sites (tertiary alicyclic amines) is 1. The zero-order chi connectivity index (χ0) is 22.9. The maximum Gasteiger partial charge on any atom is 0.243 e. The third-order valence-corrected chi connectivity index (χ3v) is 5.50. The summed E-state index contributed by atoms with van der Waals surface area (Å²) in [5, 5.41) is 2.84. The van der Waals surface area contributed by atoms with E-state index in [1.807, 2.05) is 18.1 Å². The number of piperidine rings is 1. The molecule has 6 heteroatoms. The largest absolute Gasteiger partial charge is 0.358 e. The molecule has 0 aliphatic carbocycles. The number of carbonyl (C=O) groups excluding carboxylic acids is 1. The Labute approximate surface area is 189 Å². The predicted octanol–water partition coefficient (Wildman–Crippen LogP) is 3.60. The smallest absolute Gasteiger partial charge is 0.243 e. The molecule has 0 aromatic carbocycles. The fourth-order valence-corrected chi connectivity index (χ4v) is 3.61. The SMILES string of the molecule is C#C.CC/C1=N\C(C)N(C)/C=C/NC(=O)CN1CC/C=C\C=C/CCN1CCCCC1. The molecule has 2 aliphatic rings. The van der Waals surface area contributed by atoms with Crippen molar-refractivity contribution in [3.63, 3.8) is 0 Å². The Bertz CT molecular complexity index is 644. The van der Waals surface area contributed by atoms with Crippen LogP contribution in [0.25, 0.3) is 0 Å². The summed E-state index contributed by atoms with van der Waals surface area (Å²) in [7, 11) is 1.97. The van der Waals surface area contributed by atoms with E-state index in [0.29, 0.717) is 6.54 Å². The minimum Gasteiger partial charge on any atom is -0.358 e. The van der Waals surface area contributed by atoms with Gasteiger partial charge in [-0.25, -0.2) is 4.99 Å². The van der Waals surface area contributed by atoms with Gasteiger partial charge in [0.15, 0.2) is 0 Å². The fraction of sp³-hybridized carbons (Fsp3) is 0.600. The van der Waals surface area contributed by atoms with Crippen LogP contribution in [-0.2, 0) is 4.79 Å². The number of amides is 1. The minimum atomic E-state index is -0.00746. The highest BCUT2D eigenvalue weighted by Crippen LogP contribution is 2.09. The number of nitrogens with one attached hydrogen (secondary N) is 1. The molecule has 2 aliphatic heterocycles. The molecule has 2 rings (SSSR count). The first-order chi connectivity index (χ1) is 15.1. The molecule has 31 heavy (non-hydrogen) atoms. The van der Waals surface area contributed by atoms with Gasteiger partial charge in [0.25, 0.3) is 0 Å². The van der Waals surface area contributed by atoms with Crippen LogP contribution in [0, 0.1) is 12.8 Å². The molecule has 1 saturated heterocycles. The van der Waals surface area contributed by atoms with Gasteiger partial charge in [-0.15, -0.1) is 12.8 Å². The first kappa shape index (κ1) is 26.5. The average Bonchev–Trinajstić information content (AvgIpc) is 2.79. The van der Waals surface area contributed by atoms with Crippen molar-refractivity contribution in [3.05, 3.63) is 36.7 Å². The number of allylic oxidation sites excluding steroid dienone is 2. The van der Waals surface area contributed by atoms with Crippen LogP contribution in [0.5, 0.6) is 0 Å². The fourth-order valence-electron chi connectivity index (χ4n) is 3.61. The van der Waals surface area contributed by atoms with E-state index in [2.05, 4.69) is 66.1 Å². The molecule has 1 fully saturated rings. The summed E-state index contributed by atoms with van der Waals surface area (Å²) in [6, 6.07) is 0. The normalized spacial score (nSPS) is 23.7. The molecule has 1 atom stereocenters. The van der Waals surface area contributed by atoms with Gasteiger partial charge in [0.1, 0.15) is 12.0 Å². The first-order valence-corrected chi connectivity index (χ1v) is 11.5. The Kier molecular flexibility index (Phi) is 13.9. The summed E-state index contributed by atoms with van der Waals surface area (Å²) in [5.41, 5.74) is 0. The van der Waals surface area contributed by atoms with Crippen LogP contribution in [0.2, 0.25) is 0 Å². The molecule has 1 unspecified atom stereocenters. The zero-order valence-electron chi connectivity index (χ0n) is 19.7. The molecule has 0 saturated carbocycles. The first-order valence-electron chi connectivity index (χ1n) is 11.5. The quantitative estimate of drug-likeness (QED) is 0.475. The van der Waals surface area contributed by atoms with E-state index in [-0.39, 0.29) is 12.1 Å². The lowest BCUT2D eigenvalue weighted by Gasteiger charge is -2.28. The zero-order valence-corrected chi connectivity index (χ0v) is 19.7. The van der Waals surface area contributed by atoms with E-state index < -0.39 is 0 Å². The standard InChI is InChI=1S/C23H39N5O.C2H2/c1-4-22-25-21(2)26(3)19-14-24-23(29)20-28(22)18-13-8-6-5-7-10-15-27-16-11-9-12-17-27;1-2/h5-8,14,19,21H,4,9-13,15-18,20H2,1-3H3,(H,24,29);1-2H/b7-5-,8-6-,19-14+,25-22+;. The monoisotopic (exact) mass is 427 g/mol. The summed E-state index contributed by atoms with van der Waals surface area (Å²) in [4.78, 5) is 23.7. The summed E-state index contributed by atoms with van der Waals surface area (Å²) in [5.74, 6) is 0.979. The van der Waals surface area contributed by atoms with Crippen LogP contribution in [0.3, 0.4) is 0 Å². The van der Waals surface area contributed by atoms with E-state index in [1.165, 1.54) is 38.9 Å². The van der Waals surface area contributed by atoms with Crippen LogP contribution >= 0.6 is 0 Å². The number of hydrogen-bond acceptors (Lipinski definition) is 5.